The molecule has 0 heterocycles. The number of halogens is 3. The molecule has 2 rings (SSSR count). The molecule has 8 heteroatoms. The maximum atomic E-state index is 14.0. The fraction of sp³-hybridized carbons (Fsp3) is 0.235. The Morgan fingerprint density at radius 1 is 1.04 bits per heavy atom. The van der Waals surface area contributed by atoms with Crippen molar-refractivity contribution in [3.63, 3.8) is 0 Å². The molecule has 5 nitrogen and oxygen atoms in total. The summed E-state index contributed by atoms with van der Waals surface area (Å²) in [4.78, 5) is 13.8. The lowest BCUT2D eigenvalue weighted by molar-refractivity contribution is 0.102. The van der Waals surface area contributed by atoms with Gasteiger partial charge in [0.2, 0.25) is 0 Å². The molecule has 2 aromatic carbocycles. The van der Waals surface area contributed by atoms with Crippen LogP contribution in [0, 0.1) is 15.2 Å². The van der Waals surface area contributed by atoms with Crippen LogP contribution in [0.25, 0.3) is 0 Å². The van der Waals surface area contributed by atoms with E-state index in [1.807, 2.05) is 22.6 Å². The lowest BCUT2D eigenvalue weighted by Crippen LogP contribution is -2.16. The summed E-state index contributed by atoms with van der Waals surface area (Å²) in [5.41, 5.74) is 0.158. The highest BCUT2D eigenvalue weighted by molar-refractivity contribution is 14.1. The second kappa shape index (κ2) is 7.85. The summed E-state index contributed by atoms with van der Waals surface area (Å²) in [6.07, 6.45) is 0. The van der Waals surface area contributed by atoms with Crippen LogP contribution in [0.4, 0.5) is 20.2 Å². The summed E-state index contributed by atoms with van der Waals surface area (Å²) in [6.45, 7) is 0. The van der Waals surface area contributed by atoms with Gasteiger partial charge in [0.1, 0.15) is 5.69 Å². The third-order valence-electron chi connectivity index (χ3n) is 3.44. The average Bonchev–Trinajstić information content (AvgIpc) is 2.53. The number of ether oxygens (including phenoxy) is 2. The van der Waals surface area contributed by atoms with Gasteiger partial charge in [-0.25, -0.2) is 8.78 Å². The number of hydrogen-bond donors (Lipinski definition) is 1. The average molecular weight is 462 g/mol. The summed E-state index contributed by atoms with van der Waals surface area (Å²) >= 11 is 1.98. The standard InChI is InChI=1S/C17H17F2IN2O3/c1-22(2)16-11(18)5-9(6-12(16)19)21-17(23)10-7-14(24-3)15(25-4)8-13(10)20/h5-8H,1-4H3,(H,21,23). The van der Waals surface area contributed by atoms with Gasteiger partial charge >= 0.3 is 0 Å². The van der Waals surface area contributed by atoms with E-state index in [9.17, 15) is 13.6 Å². The first-order valence-electron chi connectivity index (χ1n) is 7.17. The number of amides is 1. The first-order valence-corrected chi connectivity index (χ1v) is 8.25. The molecule has 0 saturated carbocycles. The zero-order valence-corrected chi connectivity index (χ0v) is 16.3. The second-order valence-corrected chi connectivity index (χ2v) is 6.49. The Morgan fingerprint density at radius 3 is 2.04 bits per heavy atom. The van der Waals surface area contributed by atoms with E-state index < -0.39 is 17.5 Å². The van der Waals surface area contributed by atoms with Gasteiger partial charge in [-0.3, -0.25) is 4.79 Å². The number of methoxy groups -OCH3 is 2. The lowest BCUT2D eigenvalue weighted by atomic mass is 10.1. The number of hydrogen-bond acceptors (Lipinski definition) is 4. The molecule has 0 aliphatic heterocycles. The zero-order valence-electron chi connectivity index (χ0n) is 14.1. The number of nitrogens with one attached hydrogen (secondary N) is 1. The molecule has 0 atom stereocenters. The van der Waals surface area contributed by atoms with Crippen LogP contribution in [-0.4, -0.2) is 34.2 Å². The minimum Gasteiger partial charge on any atom is -0.493 e. The summed E-state index contributed by atoms with van der Waals surface area (Å²) in [5.74, 6) is -1.17. The molecule has 0 aliphatic carbocycles. The highest BCUT2D eigenvalue weighted by Crippen LogP contribution is 2.32. The van der Waals surface area contributed by atoms with Crippen LogP contribution >= 0.6 is 22.6 Å². The molecular formula is C17H17F2IN2O3. The van der Waals surface area contributed by atoms with E-state index >= 15 is 0 Å². The van der Waals surface area contributed by atoms with E-state index in [2.05, 4.69) is 5.32 Å². The van der Waals surface area contributed by atoms with Gasteiger partial charge < -0.3 is 19.7 Å². The van der Waals surface area contributed by atoms with Crippen molar-refractivity contribution >= 4 is 39.9 Å². The van der Waals surface area contributed by atoms with Crippen LogP contribution in [0.2, 0.25) is 0 Å². The largest absolute Gasteiger partial charge is 0.493 e. The van der Waals surface area contributed by atoms with E-state index in [0.29, 0.717) is 20.6 Å². The highest BCUT2D eigenvalue weighted by Gasteiger charge is 2.18. The molecule has 0 bridgehead atoms. The van der Waals surface area contributed by atoms with Crippen LogP contribution in [-0.2, 0) is 0 Å². The fourth-order valence-corrected chi connectivity index (χ4v) is 2.98. The summed E-state index contributed by atoms with van der Waals surface area (Å²) in [5, 5.41) is 2.50. The second-order valence-electron chi connectivity index (χ2n) is 5.32. The minimum atomic E-state index is -0.762. The normalized spacial score (nSPS) is 10.4. The molecule has 0 fully saturated rings. The number of nitrogens with zero attached hydrogens (tertiary/aromatic N) is 1. The number of carbonyl (C=O) groups is 1. The number of carbonyl (C=O) groups excluding carboxylic acids is 1. The first-order chi connectivity index (χ1) is 11.8. The van der Waals surface area contributed by atoms with Crippen LogP contribution in [0.1, 0.15) is 10.4 Å². The van der Waals surface area contributed by atoms with Crippen LogP contribution in [0.15, 0.2) is 24.3 Å². The van der Waals surface area contributed by atoms with Gasteiger partial charge in [-0.05, 0) is 46.9 Å². The summed E-state index contributed by atoms with van der Waals surface area (Å²) < 4.78 is 39.0. The topological polar surface area (TPSA) is 50.8 Å². The van der Waals surface area contributed by atoms with E-state index in [1.165, 1.54) is 39.3 Å². The van der Waals surface area contributed by atoms with Crippen molar-refractivity contribution in [1.29, 1.82) is 0 Å². The number of benzene rings is 2. The Balaban J connectivity index is 2.34. The Bertz CT molecular complexity index is 790. The number of anilines is 2. The van der Waals surface area contributed by atoms with Gasteiger partial charge in [0.25, 0.3) is 5.91 Å². The third kappa shape index (κ3) is 4.12. The molecule has 0 aliphatic rings. The predicted octanol–water partition coefficient (Wildman–Crippen LogP) is 3.90. The molecular weight excluding hydrogens is 445 g/mol. The van der Waals surface area contributed by atoms with Crippen LogP contribution in [0.5, 0.6) is 11.5 Å². The minimum absolute atomic E-state index is 0.0242. The number of rotatable bonds is 5. The Hall–Kier alpha value is -2.10. The molecule has 0 unspecified atom stereocenters. The third-order valence-corrected chi connectivity index (χ3v) is 4.33. The zero-order chi connectivity index (χ0) is 18.7. The quantitative estimate of drug-likeness (QED) is 0.686. The van der Waals surface area contributed by atoms with Gasteiger partial charge in [0, 0.05) is 23.4 Å². The highest BCUT2D eigenvalue weighted by atomic mass is 127. The van der Waals surface area contributed by atoms with Crippen molar-refractivity contribution in [2.75, 3.05) is 38.5 Å². The Morgan fingerprint density at radius 2 is 1.56 bits per heavy atom. The van der Waals surface area contributed by atoms with Gasteiger partial charge in [-0.15, -0.1) is 0 Å². The van der Waals surface area contributed by atoms with Crippen molar-refractivity contribution in [1.82, 2.24) is 0 Å². The van der Waals surface area contributed by atoms with E-state index in [-0.39, 0.29) is 11.4 Å². The predicted molar refractivity (Wildman–Crippen MR) is 101 cm³/mol. The van der Waals surface area contributed by atoms with E-state index in [0.717, 1.165) is 12.1 Å². The fourth-order valence-electron chi connectivity index (χ4n) is 2.29. The van der Waals surface area contributed by atoms with E-state index in [1.54, 1.807) is 6.07 Å². The Labute approximate surface area is 158 Å². The first kappa shape index (κ1) is 19.2. The molecule has 0 aromatic heterocycles. The maximum Gasteiger partial charge on any atom is 0.256 e. The maximum absolute atomic E-state index is 14.0. The SMILES string of the molecule is COc1cc(I)c(C(=O)Nc2cc(F)c(N(C)C)c(F)c2)cc1OC. The monoisotopic (exact) mass is 462 g/mol. The molecule has 0 saturated heterocycles. The van der Waals surface area contributed by atoms with Gasteiger partial charge in [-0.2, -0.15) is 0 Å². The van der Waals surface area contributed by atoms with Crippen molar-refractivity contribution in [2.24, 2.45) is 0 Å². The molecule has 1 N–H and O–H groups in total. The van der Waals surface area contributed by atoms with Crippen molar-refractivity contribution in [3.05, 3.63) is 45.0 Å². The smallest absolute Gasteiger partial charge is 0.256 e. The van der Waals surface area contributed by atoms with Gasteiger partial charge in [0.15, 0.2) is 23.1 Å². The summed E-state index contributed by atoms with van der Waals surface area (Å²) in [6, 6.07) is 5.30. The lowest BCUT2D eigenvalue weighted by Gasteiger charge is -2.16. The molecule has 134 valence electrons. The molecule has 0 spiro atoms. The van der Waals surface area contributed by atoms with Crippen molar-refractivity contribution in [3.8, 4) is 11.5 Å². The molecule has 25 heavy (non-hydrogen) atoms. The van der Waals surface area contributed by atoms with Crippen molar-refractivity contribution < 1.29 is 23.0 Å². The molecule has 1 amide bonds. The van der Waals surface area contributed by atoms with Crippen molar-refractivity contribution in [2.45, 2.75) is 0 Å². The summed E-state index contributed by atoms with van der Waals surface area (Å²) in [7, 11) is 6.01. The van der Waals surface area contributed by atoms with Crippen LogP contribution in [0.3, 0.4) is 0 Å². The van der Waals surface area contributed by atoms with Gasteiger partial charge in [0.05, 0.1) is 19.8 Å². The van der Waals surface area contributed by atoms with Crippen LogP contribution < -0.4 is 19.7 Å². The Kier molecular flexibility index (Phi) is 6.04. The van der Waals surface area contributed by atoms with E-state index in [4.69, 9.17) is 9.47 Å². The van der Waals surface area contributed by atoms with Gasteiger partial charge in [-0.1, -0.05) is 0 Å². The molecule has 2 aromatic rings. The molecule has 0 radical (unpaired) electrons.